The summed E-state index contributed by atoms with van der Waals surface area (Å²) in [5.41, 5.74) is 6.12. The Morgan fingerprint density at radius 3 is 2.43 bits per heavy atom. The van der Waals surface area contributed by atoms with E-state index in [1.54, 1.807) is 18.2 Å². The number of piperidine rings is 1. The van der Waals surface area contributed by atoms with Crippen LogP contribution >= 0.6 is 0 Å². The van der Waals surface area contributed by atoms with Crippen molar-refractivity contribution in [3.8, 4) is 11.8 Å². The number of nitrogens with one attached hydrogen (secondary N) is 1. The number of nitrogens with two attached hydrogens (primary N) is 1. The van der Waals surface area contributed by atoms with Crippen LogP contribution in [0.25, 0.3) is 10.8 Å². The average Bonchev–Trinajstić information content (AvgIpc) is 2.90. The maximum absolute atomic E-state index is 14.3. The summed E-state index contributed by atoms with van der Waals surface area (Å²) in [7, 11) is 1.50. The molecule has 7 heteroatoms. The van der Waals surface area contributed by atoms with Crippen molar-refractivity contribution in [2.24, 2.45) is 11.7 Å². The molecule has 0 saturated carbocycles. The molecule has 0 aliphatic carbocycles. The van der Waals surface area contributed by atoms with Crippen LogP contribution in [0.1, 0.15) is 44.0 Å². The van der Waals surface area contributed by atoms with Gasteiger partial charge in [0.25, 0.3) is 5.91 Å². The standard InChI is InChI=1S/C25H24FN3O2.C2H6.CH5N/c1-17-8-11-29(12-9-17)20-15-18(14-19(26)16-20)25(30)28-23-6-7-24(31-13-10-27)22-5-3-2-4-21(22)23;2*1-2/h2-7,14-17H,8-9,11-13H2,1H3,(H,28,30);1-2H3;2H2,1H3. The van der Waals surface area contributed by atoms with Gasteiger partial charge in [0.1, 0.15) is 17.6 Å². The van der Waals surface area contributed by atoms with Crippen LogP contribution in [0.4, 0.5) is 15.8 Å². The van der Waals surface area contributed by atoms with Crippen LogP contribution in [0.15, 0.2) is 54.6 Å². The van der Waals surface area contributed by atoms with E-state index in [2.05, 4.69) is 22.9 Å². The van der Waals surface area contributed by atoms with E-state index in [-0.39, 0.29) is 18.1 Å². The molecule has 0 radical (unpaired) electrons. The van der Waals surface area contributed by atoms with Gasteiger partial charge < -0.3 is 20.7 Å². The van der Waals surface area contributed by atoms with Crippen molar-refractivity contribution in [3.05, 3.63) is 66.0 Å². The smallest absolute Gasteiger partial charge is 0.255 e. The number of halogens is 1. The number of rotatable bonds is 5. The average molecular weight is 479 g/mol. The van der Waals surface area contributed by atoms with Gasteiger partial charge in [0.2, 0.25) is 0 Å². The summed E-state index contributed by atoms with van der Waals surface area (Å²) < 4.78 is 19.8. The van der Waals surface area contributed by atoms with E-state index < -0.39 is 5.82 Å². The van der Waals surface area contributed by atoms with Crippen LogP contribution in [-0.4, -0.2) is 32.7 Å². The molecule has 0 spiro atoms. The highest BCUT2D eigenvalue weighted by Gasteiger charge is 2.19. The van der Waals surface area contributed by atoms with Gasteiger partial charge in [0, 0.05) is 40.8 Å². The predicted molar refractivity (Wildman–Crippen MR) is 141 cm³/mol. The maximum Gasteiger partial charge on any atom is 0.255 e. The zero-order chi connectivity index (χ0) is 25.8. The molecule has 3 aromatic rings. The minimum Gasteiger partial charge on any atom is -0.478 e. The Morgan fingerprint density at radius 2 is 1.77 bits per heavy atom. The first-order chi connectivity index (χ1) is 17.0. The molecule has 4 rings (SSSR count). The Bertz CT molecular complexity index is 1150. The van der Waals surface area contributed by atoms with Gasteiger partial charge in [0.15, 0.2) is 6.61 Å². The van der Waals surface area contributed by atoms with Crippen molar-refractivity contribution in [3.63, 3.8) is 0 Å². The Balaban J connectivity index is 0.00000103. The van der Waals surface area contributed by atoms with E-state index in [0.717, 1.165) is 42.4 Å². The van der Waals surface area contributed by atoms with Crippen LogP contribution in [0.5, 0.6) is 5.75 Å². The highest BCUT2D eigenvalue weighted by Crippen LogP contribution is 2.32. The second kappa shape index (κ2) is 13.9. The summed E-state index contributed by atoms with van der Waals surface area (Å²) in [5.74, 6) is 0.442. The van der Waals surface area contributed by atoms with Gasteiger partial charge in [-0.15, -0.1) is 0 Å². The lowest BCUT2D eigenvalue weighted by Gasteiger charge is -2.32. The van der Waals surface area contributed by atoms with Gasteiger partial charge in [-0.3, -0.25) is 4.79 Å². The molecule has 6 nitrogen and oxygen atoms in total. The molecule has 1 saturated heterocycles. The van der Waals surface area contributed by atoms with E-state index in [9.17, 15) is 9.18 Å². The molecule has 1 heterocycles. The lowest BCUT2D eigenvalue weighted by molar-refractivity contribution is 0.102. The van der Waals surface area contributed by atoms with E-state index in [0.29, 0.717) is 17.4 Å². The summed E-state index contributed by atoms with van der Waals surface area (Å²) in [4.78, 5) is 15.1. The van der Waals surface area contributed by atoms with Crippen molar-refractivity contribution in [2.45, 2.75) is 33.6 Å². The van der Waals surface area contributed by atoms with Crippen molar-refractivity contribution in [1.82, 2.24) is 0 Å². The molecule has 3 aromatic carbocycles. The van der Waals surface area contributed by atoms with E-state index in [1.165, 1.54) is 19.2 Å². The van der Waals surface area contributed by atoms with E-state index in [1.807, 2.05) is 44.2 Å². The Kier molecular flexibility index (Phi) is 11.0. The number of ether oxygens (including phenoxy) is 1. The lowest BCUT2D eigenvalue weighted by Crippen LogP contribution is -2.33. The third kappa shape index (κ3) is 7.17. The zero-order valence-electron chi connectivity index (χ0n) is 21.0. The van der Waals surface area contributed by atoms with Crippen molar-refractivity contribution in [2.75, 3.05) is 37.0 Å². The molecule has 186 valence electrons. The third-order valence-electron chi connectivity index (χ3n) is 5.72. The second-order valence-corrected chi connectivity index (χ2v) is 7.93. The molecule has 0 atom stereocenters. The summed E-state index contributed by atoms with van der Waals surface area (Å²) in [6.45, 7) is 7.89. The summed E-state index contributed by atoms with van der Waals surface area (Å²) in [6, 6.07) is 17.4. The Labute approximate surface area is 207 Å². The fraction of sp³-hybridized carbons (Fsp3) is 0.357. The monoisotopic (exact) mass is 478 g/mol. The zero-order valence-corrected chi connectivity index (χ0v) is 21.0. The highest BCUT2D eigenvalue weighted by molar-refractivity contribution is 6.10. The summed E-state index contributed by atoms with van der Waals surface area (Å²) in [5, 5.41) is 13.3. The molecule has 0 bridgehead atoms. The van der Waals surface area contributed by atoms with E-state index >= 15 is 0 Å². The molecular formula is C28H35FN4O2. The Morgan fingerprint density at radius 1 is 1.11 bits per heavy atom. The SMILES string of the molecule is CC.CC1CCN(c2cc(F)cc(C(=O)Nc3ccc(OCC#N)c4ccccc34)c2)CC1.CN. The molecule has 1 fully saturated rings. The molecule has 1 amide bonds. The summed E-state index contributed by atoms with van der Waals surface area (Å²) >= 11 is 0. The molecule has 0 unspecified atom stereocenters. The van der Waals surface area contributed by atoms with Crippen LogP contribution < -0.4 is 20.7 Å². The maximum atomic E-state index is 14.3. The molecule has 1 aliphatic heterocycles. The van der Waals surface area contributed by atoms with Crippen LogP contribution in [0.3, 0.4) is 0 Å². The minimum absolute atomic E-state index is 0.0585. The molecule has 1 aliphatic rings. The largest absolute Gasteiger partial charge is 0.478 e. The number of hydrogen-bond donors (Lipinski definition) is 2. The van der Waals surface area contributed by atoms with Crippen molar-refractivity contribution < 1.29 is 13.9 Å². The topological polar surface area (TPSA) is 91.4 Å². The van der Waals surface area contributed by atoms with Gasteiger partial charge in [-0.1, -0.05) is 45.0 Å². The number of carbonyl (C=O) groups is 1. The van der Waals surface area contributed by atoms with Gasteiger partial charge in [-0.25, -0.2) is 4.39 Å². The predicted octanol–water partition coefficient (Wildman–Crippen LogP) is 5.97. The number of hydrogen-bond acceptors (Lipinski definition) is 5. The van der Waals surface area contributed by atoms with Gasteiger partial charge in [-0.2, -0.15) is 5.26 Å². The quantitative estimate of drug-likeness (QED) is 0.471. The van der Waals surface area contributed by atoms with Gasteiger partial charge in [0.05, 0.1) is 0 Å². The Hall–Kier alpha value is -3.63. The second-order valence-electron chi connectivity index (χ2n) is 7.93. The first kappa shape index (κ1) is 27.6. The molecule has 0 aromatic heterocycles. The van der Waals surface area contributed by atoms with Gasteiger partial charge >= 0.3 is 0 Å². The fourth-order valence-electron chi connectivity index (χ4n) is 3.97. The van der Waals surface area contributed by atoms with Gasteiger partial charge in [-0.05, 0) is 56.1 Å². The third-order valence-corrected chi connectivity index (χ3v) is 5.72. The number of benzene rings is 3. The molecular weight excluding hydrogens is 443 g/mol. The number of nitrogens with zero attached hydrogens (tertiary/aromatic N) is 2. The number of fused-ring (bicyclic) bond motifs is 1. The van der Waals surface area contributed by atoms with Crippen molar-refractivity contribution in [1.29, 1.82) is 5.26 Å². The molecule has 35 heavy (non-hydrogen) atoms. The number of nitriles is 1. The first-order valence-corrected chi connectivity index (χ1v) is 12.0. The number of amides is 1. The number of anilines is 2. The number of carbonyl (C=O) groups excluding carboxylic acids is 1. The summed E-state index contributed by atoms with van der Waals surface area (Å²) in [6.07, 6.45) is 2.12. The highest BCUT2D eigenvalue weighted by atomic mass is 19.1. The van der Waals surface area contributed by atoms with Crippen molar-refractivity contribution >= 4 is 28.1 Å². The normalized spacial score (nSPS) is 13.0. The molecule has 3 N–H and O–H groups in total. The first-order valence-electron chi connectivity index (χ1n) is 12.0. The fourth-order valence-corrected chi connectivity index (χ4v) is 3.97. The van der Waals surface area contributed by atoms with Crippen LogP contribution in [0, 0.1) is 23.1 Å². The van der Waals surface area contributed by atoms with E-state index in [4.69, 9.17) is 10.00 Å². The minimum atomic E-state index is -0.425. The lowest BCUT2D eigenvalue weighted by atomic mass is 9.98. The van der Waals surface area contributed by atoms with Crippen LogP contribution in [0.2, 0.25) is 0 Å². The van der Waals surface area contributed by atoms with Crippen LogP contribution in [-0.2, 0) is 0 Å².